The zero-order chi connectivity index (χ0) is 22.5. The summed E-state index contributed by atoms with van der Waals surface area (Å²) in [5.74, 6) is -2.47. The number of rotatable bonds is 6. The molecule has 0 aliphatic rings. The van der Waals surface area contributed by atoms with Gasteiger partial charge in [-0.05, 0) is 48.5 Å². The van der Waals surface area contributed by atoms with Crippen LogP contribution >= 0.6 is 11.6 Å². The Hall–Kier alpha value is -3.67. The third-order valence-corrected chi connectivity index (χ3v) is 4.79. The molecule has 31 heavy (non-hydrogen) atoms. The number of halogens is 3. The molecule has 0 aliphatic carbocycles. The Kier molecular flexibility index (Phi) is 6.70. The monoisotopic (exact) mass is 441 g/mol. The molecule has 0 saturated heterocycles. The molecule has 1 unspecified atom stereocenters. The van der Waals surface area contributed by atoms with Gasteiger partial charge < -0.3 is 22.1 Å². The van der Waals surface area contributed by atoms with Crippen LogP contribution in [-0.4, -0.2) is 5.91 Å². The summed E-state index contributed by atoms with van der Waals surface area (Å²) in [7, 11) is 0. The van der Waals surface area contributed by atoms with E-state index in [0.29, 0.717) is 28.2 Å². The summed E-state index contributed by atoms with van der Waals surface area (Å²) in [5.41, 5.74) is 14.1. The fourth-order valence-corrected chi connectivity index (χ4v) is 3.13. The molecule has 0 spiro atoms. The predicted octanol–water partition coefficient (Wildman–Crippen LogP) is 4.32. The smallest absolute Gasteiger partial charge is 0.229 e. The lowest BCUT2D eigenvalue weighted by atomic mass is 10.1. The van der Waals surface area contributed by atoms with Gasteiger partial charge in [-0.1, -0.05) is 17.7 Å². The first-order valence-electron chi connectivity index (χ1n) is 9.12. The second kappa shape index (κ2) is 9.43. The Bertz CT molecular complexity index is 1180. The van der Waals surface area contributed by atoms with Gasteiger partial charge in [0.15, 0.2) is 0 Å². The molecule has 0 radical (unpaired) electrons. The van der Waals surface area contributed by atoms with Crippen molar-refractivity contribution in [2.45, 2.75) is 12.6 Å². The number of nitrogen functional groups attached to an aromatic ring is 1. The highest BCUT2D eigenvalue weighted by Crippen LogP contribution is 2.26. The maximum atomic E-state index is 14.0. The van der Waals surface area contributed by atoms with Gasteiger partial charge in [-0.25, -0.2) is 8.78 Å². The average Bonchev–Trinajstić information content (AvgIpc) is 2.75. The number of nitrogens with two attached hydrogens (primary N) is 2. The van der Waals surface area contributed by atoms with E-state index in [2.05, 4.69) is 10.6 Å². The molecule has 0 aliphatic heterocycles. The Morgan fingerprint density at radius 1 is 1.13 bits per heavy atom. The standard InChI is InChI=1S/C22H18ClF2N5O/c23-17-5-6-18(24)15(21(17)25)10-20(31)29-14-4-7-19(27)16(9-14)22(28)30-13-3-1-2-12(8-13)11-26/h1-9,22,30H,10,27-28H2,(H,29,31). The van der Waals surface area contributed by atoms with E-state index in [0.717, 1.165) is 12.1 Å². The molecule has 1 amide bonds. The Labute approximate surface area is 182 Å². The number of anilines is 3. The highest BCUT2D eigenvalue weighted by molar-refractivity contribution is 6.30. The van der Waals surface area contributed by atoms with Crippen molar-refractivity contribution in [1.82, 2.24) is 0 Å². The molecule has 158 valence electrons. The third kappa shape index (κ3) is 5.28. The van der Waals surface area contributed by atoms with Crippen molar-refractivity contribution in [2.75, 3.05) is 16.4 Å². The van der Waals surface area contributed by atoms with E-state index in [1.807, 2.05) is 6.07 Å². The van der Waals surface area contributed by atoms with Crippen LogP contribution in [0.3, 0.4) is 0 Å². The molecule has 3 aromatic rings. The van der Waals surface area contributed by atoms with Gasteiger partial charge in [0, 0.05) is 28.2 Å². The lowest BCUT2D eigenvalue weighted by Crippen LogP contribution is -2.22. The van der Waals surface area contributed by atoms with Crippen molar-refractivity contribution in [1.29, 1.82) is 5.26 Å². The molecule has 0 saturated carbocycles. The molecule has 0 fully saturated rings. The fourth-order valence-electron chi connectivity index (χ4n) is 2.95. The summed E-state index contributed by atoms with van der Waals surface area (Å²) >= 11 is 5.66. The largest absolute Gasteiger partial charge is 0.398 e. The van der Waals surface area contributed by atoms with Crippen LogP contribution in [0.15, 0.2) is 54.6 Å². The number of carbonyl (C=O) groups excluding carboxylic acids is 1. The molecule has 0 heterocycles. The number of amides is 1. The first-order chi connectivity index (χ1) is 14.8. The van der Waals surface area contributed by atoms with Gasteiger partial charge in [-0.15, -0.1) is 0 Å². The number of hydrogen-bond donors (Lipinski definition) is 4. The molecule has 3 rings (SSSR count). The number of carbonyl (C=O) groups is 1. The van der Waals surface area contributed by atoms with Crippen molar-refractivity contribution in [3.63, 3.8) is 0 Å². The van der Waals surface area contributed by atoms with E-state index in [-0.39, 0.29) is 5.02 Å². The number of benzene rings is 3. The van der Waals surface area contributed by atoms with Crippen molar-refractivity contribution in [3.05, 3.63) is 87.9 Å². The van der Waals surface area contributed by atoms with Gasteiger partial charge in [-0.3, -0.25) is 4.79 Å². The van der Waals surface area contributed by atoms with Gasteiger partial charge >= 0.3 is 0 Å². The number of nitriles is 1. The summed E-state index contributed by atoms with van der Waals surface area (Å²) in [6.45, 7) is 0. The van der Waals surface area contributed by atoms with E-state index < -0.39 is 35.7 Å². The SMILES string of the molecule is N#Cc1cccc(NC(N)c2cc(NC(=O)Cc3c(F)ccc(Cl)c3F)ccc2N)c1. The molecule has 0 aromatic heterocycles. The lowest BCUT2D eigenvalue weighted by molar-refractivity contribution is -0.115. The second-order valence-electron chi connectivity index (χ2n) is 6.71. The maximum absolute atomic E-state index is 14.0. The summed E-state index contributed by atoms with van der Waals surface area (Å²) in [6, 6.07) is 15.5. The van der Waals surface area contributed by atoms with Crippen molar-refractivity contribution in [2.24, 2.45) is 5.73 Å². The summed E-state index contributed by atoms with van der Waals surface area (Å²) in [4.78, 5) is 12.3. The lowest BCUT2D eigenvalue weighted by Gasteiger charge is -2.19. The van der Waals surface area contributed by atoms with Crippen molar-refractivity contribution in [3.8, 4) is 6.07 Å². The molecule has 0 bridgehead atoms. The number of hydrogen-bond acceptors (Lipinski definition) is 5. The Morgan fingerprint density at radius 3 is 2.65 bits per heavy atom. The summed E-state index contributed by atoms with van der Waals surface area (Å²) in [6.07, 6.45) is -1.28. The average molecular weight is 442 g/mol. The van der Waals surface area contributed by atoms with Gasteiger partial charge in [0.05, 0.1) is 23.1 Å². The van der Waals surface area contributed by atoms with Gasteiger partial charge in [-0.2, -0.15) is 5.26 Å². The second-order valence-corrected chi connectivity index (χ2v) is 7.11. The van der Waals surface area contributed by atoms with E-state index in [1.165, 1.54) is 0 Å². The van der Waals surface area contributed by atoms with Crippen LogP contribution in [0, 0.1) is 23.0 Å². The summed E-state index contributed by atoms with van der Waals surface area (Å²) < 4.78 is 27.9. The molecule has 1 atom stereocenters. The Balaban J connectivity index is 1.75. The van der Waals surface area contributed by atoms with E-state index in [1.54, 1.807) is 42.5 Å². The molecular weight excluding hydrogens is 424 g/mol. The summed E-state index contributed by atoms with van der Waals surface area (Å²) in [5, 5.41) is 14.3. The number of nitrogens with one attached hydrogen (secondary N) is 2. The Morgan fingerprint density at radius 2 is 1.90 bits per heavy atom. The van der Waals surface area contributed by atoms with Crippen molar-refractivity contribution < 1.29 is 13.6 Å². The van der Waals surface area contributed by atoms with Crippen LogP contribution in [0.25, 0.3) is 0 Å². The predicted molar refractivity (Wildman–Crippen MR) is 116 cm³/mol. The minimum Gasteiger partial charge on any atom is -0.398 e. The molecule has 6 nitrogen and oxygen atoms in total. The van der Waals surface area contributed by atoms with Crippen LogP contribution in [0.4, 0.5) is 25.8 Å². The minimum atomic E-state index is -0.972. The van der Waals surface area contributed by atoms with E-state index in [9.17, 15) is 13.6 Å². The van der Waals surface area contributed by atoms with Crippen LogP contribution < -0.4 is 22.1 Å². The first-order valence-corrected chi connectivity index (χ1v) is 9.50. The molecule has 3 aromatic carbocycles. The molecule has 9 heteroatoms. The van der Waals surface area contributed by atoms with E-state index in [4.69, 9.17) is 28.3 Å². The zero-order valence-electron chi connectivity index (χ0n) is 16.1. The zero-order valence-corrected chi connectivity index (χ0v) is 16.9. The fraction of sp³-hybridized carbons (Fsp3) is 0.0909. The van der Waals surface area contributed by atoms with Gasteiger partial charge in [0.25, 0.3) is 0 Å². The van der Waals surface area contributed by atoms with Crippen LogP contribution in [0.2, 0.25) is 5.02 Å². The van der Waals surface area contributed by atoms with Crippen LogP contribution in [0.1, 0.15) is 22.9 Å². The number of nitrogens with zero attached hydrogens (tertiary/aromatic N) is 1. The minimum absolute atomic E-state index is 0.267. The highest BCUT2D eigenvalue weighted by Gasteiger charge is 2.17. The van der Waals surface area contributed by atoms with Gasteiger partial charge in [0.1, 0.15) is 17.8 Å². The van der Waals surface area contributed by atoms with Crippen LogP contribution in [-0.2, 0) is 11.2 Å². The topological polar surface area (TPSA) is 117 Å². The van der Waals surface area contributed by atoms with Crippen LogP contribution in [0.5, 0.6) is 0 Å². The molecule has 6 N–H and O–H groups in total. The van der Waals surface area contributed by atoms with Crippen molar-refractivity contribution >= 4 is 34.6 Å². The highest BCUT2D eigenvalue weighted by atomic mass is 35.5. The quantitative estimate of drug-likeness (QED) is 0.258. The normalized spacial score (nSPS) is 11.5. The van der Waals surface area contributed by atoms with E-state index >= 15 is 0 Å². The molecular formula is C22H18ClF2N5O. The third-order valence-electron chi connectivity index (χ3n) is 4.50. The van der Waals surface area contributed by atoms with Gasteiger partial charge in [0.2, 0.25) is 5.91 Å². The maximum Gasteiger partial charge on any atom is 0.229 e. The first kappa shape index (κ1) is 22.0.